The van der Waals surface area contributed by atoms with Gasteiger partial charge in [0, 0.05) is 17.4 Å². The highest BCUT2D eigenvalue weighted by atomic mass is 32.2. The normalized spacial score (nSPS) is 11.5. The summed E-state index contributed by atoms with van der Waals surface area (Å²) in [6, 6.07) is 15.4. The van der Waals surface area contributed by atoms with E-state index in [0.29, 0.717) is 17.1 Å². The Hall–Kier alpha value is -3.77. The van der Waals surface area contributed by atoms with Crippen molar-refractivity contribution >= 4 is 43.0 Å². The van der Waals surface area contributed by atoms with Crippen LogP contribution < -0.4 is 23.8 Å². The molecule has 0 aliphatic carbocycles. The lowest BCUT2D eigenvalue weighted by Crippen LogP contribution is -2.37. The van der Waals surface area contributed by atoms with Crippen molar-refractivity contribution in [3.63, 3.8) is 0 Å². The molecule has 0 atom stereocenters. The Kier molecular flexibility index (Phi) is 8.34. The van der Waals surface area contributed by atoms with E-state index in [9.17, 15) is 21.6 Å². The van der Waals surface area contributed by atoms with E-state index >= 15 is 0 Å². The Bertz CT molecular complexity index is 1500. The minimum absolute atomic E-state index is 0.00241. The van der Waals surface area contributed by atoms with Gasteiger partial charge in [-0.25, -0.2) is 16.8 Å². The van der Waals surface area contributed by atoms with Crippen LogP contribution in [0.1, 0.15) is 11.1 Å². The van der Waals surface area contributed by atoms with Gasteiger partial charge < -0.3 is 14.8 Å². The molecule has 3 rings (SSSR count). The van der Waals surface area contributed by atoms with E-state index in [1.54, 1.807) is 18.2 Å². The van der Waals surface area contributed by atoms with E-state index in [2.05, 4.69) is 10.0 Å². The average molecular weight is 548 g/mol. The first-order valence-corrected chi connectivity index (χ1v) is 14.4. The third-order valence-electron chi connectivity index (χ3n) is 5.55. The summed E-state index contributed by atoms with van der Waals surface area (Å²) in [5, 5.41) is 2.59. The number of carbonyl (C=O) groups excluding carboxylic acids is 1. The van der Waals surface area contributed by atoms with E-state index in [1.807, 2.05) is 19.9 Å². The second-order valence-electron chi connectivity index (χ2n) is 8.28. The summed E-state index contributed by atoms with van der Waals surface area (Å²) < 4.78 is 64.4. The minimum atomic E-state index is -3.88. The molecule has 0 spiro atoms. The fourth-order valence-corrected chi connectivity index (χ4v) is 5.34. The quantitative estimate of drug-likeness (QED) is 0.397. The van der Waals surface area contributed by atoms with Crippen molar-refractivity contribution in [1.29, 1.82) is 0 Å². The topological polar surface area (TPSA) is 131 Å². The molecule has 0 fully saturated rings. The Labute approximate surface area is 217 Å². The van der Waals surface area contributed by atoms with Crippen LogP contribution in [0, 0.1) is 13.8 Å². The van der Waals surface area contributed by atoms with Crippen LogP contribution in [0.15, 0.2) is 65.6 Å². The van der Waals surface area contributed by atoms with Crippen molar-refractivity contribution in [3.8, 4) is 11.5 Å². The van der Waals surface area contributed by atoms with Crippen LogP contribution in [-0.4, -0.2) is 49.8 Å². The van der Waals surface area contributed by atoms with Crippen LogP contribution in [0.3, 0.4) is 0 Å². The molecule has 3 aromatic rings. The van der Waals surface area contributed by atoms with E-state index < -0.39 is 32.5 Å². The molecule has 0 unspecified atom stereocenters. The number of benzene rings is 3. The van der Waals surface area contributed by atoms with Gasteiger partial charge in [-0.1, -0.05) is 6.07 Å². The van der Waals surface area contributed by atoms with Crippen LogP contribution in [-0.2, 0) is 24.8 Å². The molecule has 0 aliphatic rings. The van der Waals surface area contributed by atoms with Crippen molar-refractivity contribution < 1.29 is 31.1 Å². The number of hydrogen-bond donors (Lipinski definition) is 2. The lowest BCUT2D eigenvalue weighted by molar-refractivity contribution is -0.114. The van der Waals surface area contributed by atoms with Gasteiger partial charge in [-0.3, -0.25) is 13.8 Å². The number of rotatable bonds is 10. The number of methoxy groups -OCH3 is 2. The van der Waals surface area contributed by atoms with Gasteiger partial charge in [0.2, 0.25) is 15.9 Å². The molecule has 0 aliphatic heterocycles. The van der Waals surface area contributed by atoms with Crippen molar-refractivity contribution in [3.05, 3.63) is 71.8 Å². The van der Waals surface area contributed by atoms with Gasteiger partial charge in [0.25, 0.3) is 10.0 Å². The molecule has 10 nitrogen and oxygen atoms in total. The number of nitrogens with zero attached hydrogens (tertiary/aromatic N) is 1. The zero-order chi connectivity index (χ0) is 27.4. The van der Waals surface area contributed by atoms with Gasteiger partial charge in [0.15, 0.2) is 0 Å². The van der Waals surface area contributed by atoms with Gasteiger partial charge in [-0.15, -0.1) is 0 Å². The first kappa shape index (κ1) is 27.8. The Balaban J connectivity index is 1.76. The minimum Gasteiger partial charge on any atom is -0.497 e. The summed E-state index contributed by atoms with van der Waals surface area (Å²) in [5.74, 6) is -0.0138. The number of ether oxygens (including phenoxy) is 2. The van der Waals surface area contributed by atoms with Gasteiger partial charge in [-0.05, 0) is 73.5 Å². The maximum absolute atomic E-state index is 12.8. The maximum atomic E-state index is 12.8. The summed E-state index contributed by atoms with van der Waals surface area (Å²) in [4.78, 5) is 12.8. The fraction of sp³-hybridized carbons (Fsp3) is 0.240. The zero-order valence-corrected chi connectivity index (χ0v) is 22.7. The number of carbonyl (C=O) groups is 1. The van der Waals surface area contributed by atoms with Crippen LogP contribution in [0.4, 0.5) is 17.1 Å². The molecule has 2 N–H and O–H groups in total. The molecule has 198 valence electrons. The van der Waals surface area contributed by atoms with Gasteiger partial charge in [-0.2, -0.15) is 0 Å². The molecule has 0 saturated carbocycles. The summed E-state index contributed by atoms with van der Waals surface area (Å²) >= 11 is 0. The van der Waals surface area contributed by atoms with E-state index in [4.69, 9.17) is 9.47 Å². The molecular formula is C25H29N3O7S2. The lowest BCUT2D eigenvalue weighted by Gasteiger charge is -2.24. The van der Waals surface area contributed by atoms with Crippen molar-refractivity contribution in [1.82, 2.24) is 0 Å². The zero-order valence-electron chi connectivity index (χ0n) is 21.1. The fourth-order valence-electron chi connectivity index (χ4n) is 3.44. The van der Waals surface area contributed by atoms with Crippen molar-refractivity contribution in [2.75, 3.05) is 41.4 Å². The second kappa shape index (κ2) is 11.1. The third kappa shape index (κ3) is 6.92. The number of sulfonamides is 2. The monoisotopic (exact) mass is 547 g/mol. The molecule has 0 aromatic heterocycles. The molecule has 0 bridgehead atoms. The second-order valence-corrected chi connectivity index (χ2v) is 11.9. The number of anilines is 3. The predicted molar refractivity (Wildman–Crippen MR) is 144 cm³/mol. The molecule has 3 aromatic carbocycles. The van der Waals surface area contributed by atoms with Crippen molar-refractivity contribution in [2.24, 2.45) is 0 Å². The van der Waals surface area contributed by atoms with Crippen LogP contribution in [0.25, 0.3) is 0 Å². The smallest absolute Gasteiger partial charge is 0.261 e. The molecule has 37 heavy (non-hydrogen) atoms. The summed E-state index contributed by atoms with van der Waals surface area (Å²) in [6.45, 7) is 3.28. The highest BCUT2D eigenvalue weighted by Crippen LogP contribution is 2.33. The summed E-state index contributed by atoms with van der Waals surface area (Å²) in [5.41, 5.74) is 2.86. The van der Waals surface area contributed by atoms with E-state index in [0.717, 1.165) is 21.7 Å². The number of aryl methyl sites for hydroxylation is 2. The Morgan fingerprint density at radius 3 is 2.05 bits per heavy atom. The number of hydrogen-bond acceptors (Lipinski definition) is 7. The Morgan fingerprint density at radius 2 is 1.49 bits per heavy atom. The average Bonchev–Trinajstić information content (AvgIpc) is 2.84. The van der Waals surface area contributed by atoms with Crippen LogP contribution in [0.2, 0.25) is 0 Å². The van der Waals surface area contributed by atoms with Crippen molar-refractivity contribution in [2.45, 2.75) is 18.7 Å². The molecule has 0 heterocycles. The molecule has 0 saturated heterocycles. The maximum Gasteiger partial charge on any atom is 0.261 e. The summed E-state index contributed by atoms with van der Waals surface area (Å²) in [6.07, 6.45) is 0.974. The molecule has 0 radical (unpaired) electrons. The van der Waals surface area contributed by atoms with Gasteiger partial charge in [0.05, 0.1) is 31.1 Å². The molecule has 12 heteroatoms. The first-order chi connectivity index (χ1) is 17.3. The van der Waals surface area contributed by atoms with E-state index in [-0.39, 0.29) is 16.3 Å². The number of amides is 1. The Morgan fingerprint density at radius 1 is 0.838 bits per heavy atom. The van der Waals surface area contributed by atoms with Crippen LogP contribution in [0.5, 0.6) is 11.5 Å². The first-order valence-electron chi connectivity index (χ1n) is 11.0. The highest BCUT2D eigenvalue weighted by Gasteiger charge is 2.25. The standard InChI is InChI=1S/C25H29N3O7S2/c1-17-6-7-20(14-18(17)2)27-37(32,33)22-11-8-19(9-12-22)26-25(29)16-28(36(5,30)31)23-15-21(34-3)10-13-24(23)35-4/h6-15,27H,16H2,1-5H3,(H,26,29). The molecular weight excluding hydrogens is 518 g/mol. The largest absolute Gasteiger partial charge is 0.497 e. The molecule has 1 amide bonds. The van der Waals surface area contributed by atoms with Gasteiger partial charge in [0.1, 0.15) is 18.0 Å². The van der Waals surface area contributed by atoms with Gasteiger partial charge >= 0.3 is 0 Å². The number of nitrogens with one attached hydrogen (secondary N) is 2. The lowest BCUT2D eigenvalue weighted by atomic mass is 10.1. The summed E-state index contributed by atoms with van der Waals surface area (Å²) in [7, 11) is -4.91. The van der Waals surface area contributed by atoms with Crippen LogP contribution >= 0.6 is 0 Å². The predicted octanol–water partition coefficient (Wildman–Crippen LogP) is 3.53. The SMILES string of the molecule is COc1ccc(OC)c(N(CC(=O)Nc2ccc(S(=O)(=O)Nc3ccc(C)c(C)c3)cc2)S(C)(=O)=O)c1. The third-order valence-corrected chi connectivity index (χ3v) is 8.07. The highest BCUT2D eigenvalue weighted by molar-refractivity contribution is 7.92. The van der Waals surface area contributed by atoms with E-state index in [1.165, 1.54) is 50.6 Å².